The van der Waals surface area contributed by atoms with Crippen molar-refractivity contribution in [2.24, 2.45) is 4.99 Å². The second-order valence-corrected chi connectivity index (χ2v) is 10.0. The number of rotatable bonds is 1. The lowest BCUT2D eigenvalue weighted by molar-refractivity contribution is -0.113. The average Bonchev–Trinajstić information content (AvgIpc) is 3.38. The first-order chi connectivity index (χ1) is 14.0. The number of amidine groups is 1. The summed E-state index contributed by atoms with van der Waals surface area (Å²) in [6, 6.07) is 8.54. The van der Waals surface area contributed by atoms with Crippen LogP contribution < -0.4 is 0 Å². The Bertz CT molecular complexity index is 1060. The van der Waals surface area contributed by atoms with E-state index in [9.17, 15) is 4.79 Å². The van der Waals surface area contributed by atoms with Crippen molar-refractivity contribution < 1.29 is 9.53 Å². The molecule has 1 amide bonds. The summed E-state index contributed by atoms with van der Waals surface area (Å²) in [6.45, 7) is 8.39. The maximum absolute atomic E-state index is 12.6. The van der Waals surface area contributed by atoms with Crippen LogP contribution in [0.25, 0.3) is 5.57 Å². The lowest BCUT2D eigenvalue weighted by Crippen LogP contribution is -2.44. The van der Waals surface area contributed by atoms with Gasteiger partial charge in [-0.3, -0.25) is 4.79 Å². The molecule has 2 aromatic rings. The van der Waals surface area contributed by atoms with Crippen molar-refractivity contribution in [2.45, 2.75) is 45.8 Å². The van der Waals surface area contributed by atoms with Crippen LogP contribution in [0.3, 0.4) is 0 Å². The van der Waals surface area contributed by atoms with Crippen LogP contribution in [0.2, 0.25) is 0 Å². The van der Waals surface area contributed by atoms with Gasteiger partial charge in [0.05, 0.1) is 32.7 Å². The van der Waals surface area contributed by atoms with E-state index in [0.29, 0.717) is 6.61 Å². The molecule has 3 aliphatic rings. The normalized spacial score (nSPS) is 22.2. The number of hydrogen-bond donors (Lipinski definition) is 0. The van der Waals surface area contributed by atoms with Crippen molar-refractivity contribution in [1.82, 2.24) is 9.88 Å². The smallest absolute Gasteiger partial charge is 0.286 e. The van der Waals surface area contributed by atoms with Gasteiger partial charge in [-0.05, 0) is 62.1 Å². The van der Waals surface area contributed by atoms with Gasteiger partial charge in [0, 0.05) is 13.1 Å². The molecule has 5 nitrogen and oxygen atoms in total. The van der Waals surface area contributed by atoms with Gasteiger partial charge in [0.15, 0.2) is 5.17 Å². The summed E-state index contributed by atoms with van der Waals surface area (Å²) in [7, 11) is 0. The molecule has 0 saturated carbocycles. The summed E-state index contributed by atoms with van der Waals surface area (Å²) < 4.78 is 6.26. The summed E-state index contributed by atoms with van der Waals surface area (Å²) in [6.07, 6.45) is 1.84. The van der Waals surface area contributed by atoms with E-state index in [0.717, 1.165) is 57.2 Å². The van der Waals surface area contributed by atoms with Gasteiger partial charge in [-0.25, -0.2) is 4.98 Å². The molecule has 1 saturated heterocycles. The fourth-order valence-electron chi connectivity index (χ4n) is 4.51. The quantitative estimate of drug-likeness (QED) is 0.623. The van der Waals surface area contributed by atoms with Gasteiger partial charge < -0.3 is 9.64 Å². The van der Waals surface area contributed by atoms with Crippen LogP contribution in [0.4, 0.5) is 0 Å². The number of amides is 1. The monoisotopic (exact) mass is 425 g/mol. The highest BCUT2D eigenvalue weighted by molar-refractivity contribution is 8.18. The molecule has 7 heteroatoms. The summed E-state index contributed by atoms with van der Waals surface area (Å²) in [5, 5.41) is 1.84. The van der Waals surface area contributed by atoms with E-state index in [1.54, 1.807) is 11.3 Å². The maximum Gasteiger partial charge on any atom is 0.286 e. The van der Waals surface area contributed by atoms with Gasteiger partial charge in [0.2, 0.25) is 0 Å². The molecule has 1 spiro atoms. The number of hydrogen-bond acceptors (Lipinski definition) is 6. The second kappa shape index (κ2) is 7.07. The number of thioether (sulfide) groups is 1. The van der Waals surface area contributed by atoms with Crippen molar-refractivity contribution in [1.29, 1.82) is 0 Å². The first-order valence-electron chi connectivity index (χ1n) is 9.90. The lowest BCUT2D eigenvalue weighted by atomic mass is 9.84. The molecule has 29 heavy (non-hydrogen) atoms. The zero-order valence-corrected chi connectivity index (χ0v) is 18.5. The molecule has 4 heterocycles. The van der Waals surface area contributed by atoms with E-state index in [1.165, 1.54) is 22.9 Å². The number of aliphatic imine (C=N–C) groups is 1. The third-order valence-electron chi connectivity index (χ3n) is 6.02. The average molecular weight is 426 g/mol. The van der Waals surface area contributed by atoms with E-state index in [-0.39, 0.29) is 11.5 Å². The number of ether oxygens (including phenoxy) is 1. The lowest BCUT2D eigenvalue weighted by Gasteiger charge is -2.39. The molecule has 1 aromatic heterocycles. The molecule has 0 unspecified atom stereocenters. The van der Waals surface area contributed by atoms with Crippen LogP contribution in [0, 0.1) is 13.8 Å². The number of carbonyl (C=O) groups excluding carboxylic acids is 1. The zero-order valence-electron chi connectivity index (χ0n) is 16.8. The highest BCUT2D eigenvalue weighted by Crippen LogP contribution is 2.45. The van der Waals surface area contributed by atoms with Crippen LogP contribution >= 0.6 is 23.1 Å². The number of thiazole rings is 1. The number of allylic oxidation sites excluding steroid dienone is 1. The van der Waals surface area contributed by atoms with Crippen LogP contribution in [-0.4, -0.2) is 34.0 Å². The fraction of sp³-hybridized carbons (Fsp3) is 0.409. The molecule has 1 fully saturated rings. The van der Waals surface area contributed by atoms with Crippen molar-refractivity contribution in [3.8, 4) is 0 Å². The zero-order chi connectivity index (χ0) is 20.2. The van der Waals surface area contributed by atoms with Crippen molar-refractivity contribution in [3.05, 3.63) is 55.9 Å². The summed E-state index contributed by atoms with van der Waals surface area (Å²) >= 11 is 3.15. The number of carbonyl (C=O) groups is 1. The highest BCUT2D eigenvalue weighted by atomic mass is 32.2. The number of aryl methyl sites for hydroxylation is 2. The third kappa shape index (κ3) is 3.16. The van der Waals surface area contributed by atoms with Crippen molar-refractivity contribution in [3.63, 3.8) is 0 Å². The summed E-state index contributed by atoms with van der Waals surface area (Å²) in [5.74, 6) is -0.129. The molecule has 0 atom stereocenters. The highest BCUT2D eigenvalue weighted by Gasteiger charge is 2.43. The summed E-state index contributed by atoms with van der Waals surface area (Å²) in [5.41, 5.74) is 4.44. The van der Waals surface area contributed by atoms with Gasteiger partial charge >= 0.3 is 0 Å². The molecule has 5 rings (SSSR count). The molecule has 3 aliphatic heterocycles. The molecule has 0 radical (unpaired) electrons. The standard InChI is InChI=1S/C22H23N3O2S2/c1-13(18-14(2)23-15(3)28-18)19-20(26)24-21(29-19)25-10-8-22(9-11-25)17-7-5-4-6-16(17)12-27-22/h4-7H,8-12H2,1-3H3. The van der Waals surface area contributed by atoms with Gasteiger partial charge in [0.25, 0.3) is 5.91 Å². The van der Waals surface area contributed by atoms with Crippen LogP contribution in [0.1, 0.15) is 46.5 Å². The SMILES string of the molecule is CC(=C1SC(N2CCC3(CC2)OCc2ccccc23)=NC1=O)c1sc(C)nc1C. The van der Waals surface area contributed by atoms with Gasteiger partial charge in [0.1, 0.15) is 0 Å². The Labute approximate surface area is 178 Å². The van der Waals surface area contributed by atoms with E-state index >= 15 is 0 Å². The molecule has 0 N–H and O–H groups in total. The third-order valence-corrected chi connectivity index (χ3v) is 8.43. The van der Waals surface area contributed by atoms with E-state index < -0.39 is 0 Å². The minimum Gasteiger partial charge on any atom is -0.365 e. The molecular weight excluding hydrogens is 402 g/mol. The van der Waals surface area contributed by atoms with Gasteiger partial charge in [-0.2, -0.15) is 4.99 Å². The van der Waals surface area contributed by atoms with Crippen LogP contribution in [0.5, 0.6) is 0 Å². The Hall–Kier alpha value is -1.96. The minimum atomic E-state index is -0.174. The number of benzene rings is 1. The van der Waals surface area contributed by atoms with Crippen LogP contribution in [0.15, 0.2) is 34.2 Å². The number of fused-ring (bicyclic) bond motifs is 2. The summed E-state index contributed by atoms with van der Waals surface area (Å²) in [4.78, 5) is 25.6. The Kier molecular flexibility index (Phi) is 4.64. The topological polar surface area (TPSA) is 54.8 Å². The number of aromatic nitrogens is 1. The van der Waals surface area contributed by atoms with Gasteiger partial charge in [-0.15, -0.1) is 11.3 Å². The predicted octanol–water partition coefficient (Wildman–Crippen LogP) is 4.64. The van der Waals surface area contributed by atoms with E-state index in [4.69, 9.17) is 4.74 Å². The Morgan fingerprint density at radius 2 is 1.97 bits per heavy atom. The molecular formula is C22H23N3O2S2. The first-order valence-corrected chi connectivity index (χ1v) is 11.5. The van der Waals surface area contributed by atoms with Gasteiger partial charge in [-0.1, -0.05) is 24.3 Å². The van der Waals surface area contributed by atoms with Crippen molar-refractivity contribution in [2.75, 3.05) is 13.1 Å². The molecule has 1 aromatic carbocycles. The first kappa shape index (κ1) is 19.0. The van der Waals surface area contributed by atoms with E-state index in [2.05, 4.69) is 39.1 Å². The predicted molar refractivity (Wildman–Crippen MR) is 118 cm³/mol. The Balaban J connectivity index is 1.33. The molecule has 150 valence electrons. The number of nitrogens with zero attached hydrogens (tertiary/aromatic N) is 3. The second-order valence-electron chi connectivity index (χ2n) is 7.83. The van der Waals surface area contributed by atoms with Crippen molar-refractivity contribution >= 4 is 39.7 Å². The largest absolute Gasteiger partial charge is 0.365 e. The minimum absolute atomic E-state index is 0.129. The maximum atomic E-state index is 12.6. The number of likely N-dealkylation sites (tertiary alicyclic amines) is 1. The number of piperidine rings is 1. The van der Waals surface area contributed by atoms with Crippen LogP contribution in [-0.2, 0) is 21.7 Å². The Morgan fingerprint density at radius 1 is 1.21 bits per heavy atom. The van der Waals surface area contributed by atoms with E-state index in [1.807, 2.05) is 20.8 Å². The molecule has 0 bridgehead atoms. The molecule has 0 aliphatic carbocycles. The Morgan fingerprint density at radius 3 is 2.69 bits per heavy atom. The fourth-order valence-corrected chi connectivity index (χ4v) is 6.51.